The highest BCUT2D eigenvalue weighted by molar-refractivity contribution is 7.89. The zero-order valence-corrected chi connectivity index (χ0v) is 26.1. The number of nitrogens with zero attached hydrogens (tertiary/aromatic N) is 4. The van der Waals surface area contributed by atoms with Gasteiger partial charge in [-0.2, -0.15) is 13.2 Å². The molecule has 17 heteroatoms. The number of carbonyl (C=O) groups excluding carboxylic acids is 2. The number of hydrogen-bond acceptors (Lipinski definition) is 9. The molecule has 0 atom stereocenters. The van der Waals surface area contributed by atoms with Crippen LogP contribution in [0.25, 0.3) is 28.2 Å². The largest absolute Gasteiger partial charge is 0.491 e. The van der Waals surface area contributed by atoms with Crippen molar-refractivity contribution in [1.82, 2.24) is 24.0 Å². The van der Waals surface area contributed by atoms with Gasteiger partial charge in [0.2, 0.25) is 10.0 Å². The molecule has 0 unspecified atom stereocenters. The molecule has 0 radical (unpaired) electrons. The lowest BCUT2D eigenvalue weighted by molar-refractivity contribution is -0.189. The fraction of sp³-hybridized carbons (Fsp3) is 0.333. The predicted molar refractivity (Wildman–Crippen MR) is 161 cm³/mol. The Morgan fingerprint density at radius 1 is 1.11 bits per heavy atom. The first-order valence-corrected chi connectivity index (χ1v) is 15.7. The Labute approximate surface area is 266 Å². The summed E-state index contributed by atoms with van der Waals surface area (Å²) < 4.78 is 90.2. The summed E-state index contributed by atoms with van der Waals surface area (Å²) in [5.74, 6) is -6.60. The van der Waals surface area contributed by atoms with Crippen LogP contribution in [0, 0.1) is 12.7 Å². The van der Waals surface area contributed by atoms with E-state index in [4.69, 9.17) is 5.73 Å². The van der Waals surface area contributed by atoms with Crippen molar-refractivity contribution >= 4 is 33.4 Å². The van der Waals surface area contributed by atoms with Crippen LogP contribution in [0.5, 0.6) is 5.75 Å². The summed E-state index contributed by atoms with van der Waals surface area (Å²) in [5, 5.41) is 9.76. The maximum Gasteiger partial charge on any atom is 0.491 e. The Kier molecular flexibility index (Phi) is 9.00. The summed E-state index contributed by atoms with van der Waals surface area (Å²) in [7, 11) is -1.41. The van der Waals surface area contributed by atoms with Gasteiger partial charge < -0.3 is 20.5 Å². The molecule has 2 aromatic carbocycles. The van der Waals surface area contributed by atoms with E-state index in [1.165, 1.54) is 43.0 Å². The molecule has 0 saturated heterocycles. The number of nitrogens with one attached hydrogen (secondary N) is 1. The molecule has 2 heterocycles. The maximum absolute atomic E-state index is 15.9. The number of aromatic nitrogens is 3. The van der Waals surface area contributed by atoms with Crippen molar-refractivity contribution in [3.8, 4) is 28.3 Å². The smallest absolute Gasteiger partial charge is 0.416 e. The highest BCUT2D eigenvalue weighted by Gasteiger charge is 2.43. The molecule has 0 aliphatic heterocycles. The van der Waals surface area contributed by atoms with Gasteiger partial charge in [-0.25, -0.2) is 32.3 Å². The molecule has 0 spiro atoms. The molecule has 4 N–H and O–H groups in total. The van der Waals surface area contributed by atoms with E-state index in [0.29, 0.717) is 42.5 Å². The van der Waals surface area contributed by atoms with Crippen LogP contribution in [0.2, 0.25) is 0 Å². The molecule has 250 valence electrons. The maximum atomic E-state index is 15.9. The molecule has 1 saturated carbocycles. The van der Waals surface area contributed by atoms with E-state index in [1.807, 2.05) is 0 Å². The molecule has 1 aliphatic rings. The van der Waals surface area contributed by atoms with Gasteiger partial charge >= 0.3 is 12.1 Å². The second-order valence-electron chi connectivity index (χ2n) is 11.3. The minimum atomic E-state index is -5.48. The fourth-order valence-corrected chi connectivity index (χ4v) is 6.61. The number of hydrogen-bond donors (Lipinski definition) is 3. The summed E-state index contributed by atoms with van der Waals surface area (Å²) in [6.07, 6.45) is -1.33. The number of aliphatic hydroxyl groups is 1. The summed E-state index contributed by atoms with van der Waals surface area (Å²) in [4.78, 5) is 33.7. The quantitative estimate of drug-likeness (QED) is 0.149. The summed E-state index contributed by atoms with van der Waals surface area (Å²) in [6, 6.07) is 6.21. The van der Waals surface area contributed by atoms with Crippen LogP contribution in [-0.4, -0.2) is 77.1 Å². The Hall–Kier alpha value is -4.61. The minimum absolute atomic E-state index is 0.0373. The second kappa shape index (κ2) is 12.5. The summed E-state index contributed by atoms with van der Waals surface area (Å²) >= 11 is 0. The number of rotatable bonds is 7. The van der Waals surface area contributed by atoms with E-state index in [2.05, 4.69) is 19.4 Å². The number of aryl methyl sites for hydroxylation is 1. The van der Waals surface area contributed by atoms with Crippen molar-refractivity contribution in [2.45, 2.75) is 55.8 Å². The first kappa shape index (κ1) is 33.7. The number of halogens is 4. The lowest BCUT2D eigenvalue weighted by Gasteiger charge is -2.26. The number of nitrogen functional groups attached to an aromatic ring is 1. The number of nitrogens with two attached hydrogens (primary N) is 1. The lowest BCUT2D eigenvalue weighted by atomic mass is 9.94. The van der Waals surface area contributed by atoms with Crippen LogP contribution < -0.4 is 15.2 Å². The molecule has 1 aliphatic carbocycles. The van der Waals surface area contributed by atoms with Crippen molar-refractivity contribution in [3.63, 3.8) is 0 Å². The molecule has 47 heavy (non-hydrogen) atoms. The zero-order valence-electron chi connectivity index (χ0n) is 25.3. The van der Waals surface area contributed by atoms with Gasteiger partial charge in [-0.3, -0.25) is 9.20 Å². The topological polar surface area (TPSA) is 169 Å². The monoisotopic (exact) mass is 678 g/mol. The van der Waals surface area contributed by atoms with Gasteiger partial charge in [0.25, 0.3) is 5.91 Å². The second-order valence-corrected chi connectivity index (χ2v) is 13.1. The van der Waals surface area contributed by atoms with Crippen molar-refractivity contribution in [2.75, 3.05) is 19.8 Å². The number of fused-ring (bicyclic) bond motifs is 1. The molecular formula is C30H30F4N6O6S. The molecule has 2 aromatic heterocycles. The van der Waals surface area contributed by atoms with Gasteiger partial charge in [-0.1, -0.05) is 6.07 Å². The van der Waals surface area contributed by atoms with Crippen LogP contribution in [-0.2, 0) is 14.8 Å². The number of amides is 1. The SMILES string of the molecule is Cc1ccc(S(=O)(=O)NC2CCC(O)CC2)cc1-c1cnc2c(N)nc(-c3ccc(C(=O)N(C)C)c(OC(=O)C(F)(F)F)c3F)cn12. The third-order valence-corrected chi connectivity index (χ3v) is 9.29. The third-order valence-electron chi connectivity index (χ3n) is 7.77. The summed E-state index contributed by atoms with van der Waals surface area (Å²) in [5.41, 5.74) is 6.33. The number of esters is 1. The molecule has 1 fully saturated rings. The van der Waals surface area contributed by atoms with Gasteiger partial charge in [0.15, 0.2) is 23.0 Å². The highest BCUT2D eigenvalue weighted by Crippen LogP contribution is 2.36. The van der Waals surface area contributed by atoms with E-state index in [-0.39, 0.29) is 28.1 Å². The fourth-order valence-electron chi connectivity index (χ4n) is 5.28. The van der Waals surface area contributed by atoms with Crippen LogP contribution in [0.4, 0.5) is 23.4 Å². The summed E-state index contributed by atoms with van der Waals surface area (Å²) in [6.45, 7) is 1.73. The Morgan fingerprint density at radius 3 is 2.43 bits per heavy atom. The van der Waals surface area contributed by atoms with Crippen molar-refractivity contribution in [2.24, 2.45) is 0 Å². The highest BCUT2D eigenvalue weighted by atomic mass is 32.2. The number of sulfonamides is 1. The average Bonchev–Trinajstić information content (AvgIpc) is 3.42. The Morgan fingerprint density at radius 2 is 1.79 bits per heavy atom. The zero-order chi connectivity index (χ0) is 34.4. The van der Waals surface area contributed by atoms with Gasteiger partial charge in [-0.15, -0.1) is 0 Å². The molecule has 0 bridgehead atoms. The number of ether oxygens (including phenoxy) is 1. The molecule has 5 rings (SSSR count). The number of alkyl halides is 3. The molecule has 1 amide bonds. The van der Waals surface area contributed by atoms with Crippen LogP contribution in [0.3, 0.4) is 0 Å². The van der Waals surface area contributed by atoms with Gasteiger partial charge in [0.1, 0.15) is 0 Å². The number of anilines is 1. The van der Waals surface area contributed by atoms with E-state index in [1.54, 1.807) is 13.0 Å². The first-order valence-electron chi connectivity index (χ1n) is 14.3. The molecule has 4 aromatic rings. The third kappa shape index (κ3) is 6.77. The number of imidazole rings is 1. The van der Waals surface area contributed by atoms with Gasteiger partial charge in [0, 0.05) is 37.5 Å². The van der Waals surface area contributed by atoms with E-state index in [9.17, 15) is 36.3 Å². The average molecular weight is 679 g/mol. The van der Waals surface area contributed by atoms with Crippen LogP contribution >= 0.6 is 0 Å². The predicted octanol–water partition coefficient (Wildman–Crippen LogP) is 3.84. The van der Waals surface area contributed by atoms with Gasteiger partial charge in [0.05, 0.1) is 34.1 Å². The van der Waals surface area contributed by atoms with Crippen LogP contribution in [0.15, 0.2) is 47.6 Å². The van der Waals surface area contributed by atoms with Gasteiger partial charge in [-0.05, 0) is 62.4 Å². The lowest BCUT2D eigenvalue weighted by Crippen LogP contribution is -2.38. The van der Waals surface area contributed by atoms with E-state index >= 15 is 4.39 Å². The number of aliphatic hydroxyl groups excluding tert-OH is 1. The Balaban J connectivity index is 1.60. The van der Waals surface area contributed by atoms with Crippen LogP contribution in [0.1, 0.15) is 41.6 Å². The first-order chi connectivity index (χ1) is 22.0. The van der Waals surface area contributed by atoms with E-state index < -0.39 is 56.9 Å². The van der Waals surface area contributed by atoms with E-state index in [0.717, 1.165) is 17.0 Å². The number of benzene rings is 2. The standard InChI is InChI=1S/C30H30F4N6O6S/c1-15-4-9-18(47(44,45)38-16-5-7-17(41)8-6-16)12-21(15)23-13-36-27-26(35)37-22(14-40(23)27)19-10-11-20(28(42)39(2)3)25(24(19)31)46-29(43)30(32,33)34/h4,9-14,16-17,38,41H,5-8H2,1-3H3,(H2,35,37). The van der Waals surface area contributed by atoms with Crippen molar-refractivity contribution in [1.29, 1.82) is 0 Å². The Bertz CT molecular complexity index is 1990. The van der Waals surface area contributed by atoms with Crippen molar-refractivity contribution < 1.29 is 45.4 Å². The molecular weight excluding hydrogens is 648 g/mol. The molecule has 12 nitrogen and oxygen atoms in total. The minimum Gasteiger partial charge on any atom is -0.416 e. The number of carbonyl (C=O) groups is 2. The van der Waals surface area contributed by atoms with Crippen molar-refractivity contribution in [3.05, 3.63) is 59.7 Å². The normalized spacial score (nSPS) is 17.1.